The molecule has 0 saturated heterocycles. The van der Waals surface area contributed by atoms with E-state index in [-0.39, 0.29) is 0 Å². The van der Waals surface area contributed by atoms with E-state index in [0.29, 0.717) is 5.92 Å². The van der Waals surface area contributed by atoms with Crippen molar-refractivity contribution < 1.29 is 4.79 Å². The van der Waals surface area contributed by atoms with Gasteiger partial charge in [0, 0.05) is 11.8 Å². The fourth-order valence-corrected chi connectivity index (χ4v) is 1.46. The van der Waals surface area contributed by atoms with Crippen LogP contribution in [-0.4, -0.2) is 11.3 Å². The lowest BCUT2D eigenvalue weighted by Gasteiger charge is -2.02. The predicted molar refractivity (Wildman–Crippen MR) is 51.7 cm³/mol. The first-order valence-electron chi connectivity index (χ1n) is 4.42. The van der Waals surface area contributed by atoms with Gasteiger partial charge in [0.05, 0.1) is 5.69 Å². The van der Waals surface area contributed by atoms with E-state index in [1.807, 2.05) is 6.07 Å². The third-order valence-corrected chi connectivity index (χ3v) is 2.34. The third kappa shape index (κ3) is 1.52. The minimum Gasteiger partial charge on any atom is -0.298 e. The molecule has 0 amide bonds. The van der Waals surface area contributed by atoms with E-state index in [4.69, 9.17) is 0 Å². The summed E-state index contributed by atoms with van der Waals surface area (Å²) in [6.45, 7) is 3.66. The van der Waals surface area contributed by atoms with Crippen LogP contribution >= 0.6 is 0 Å². The van der Waals surface area contributed by atoms with Crippen LogP contribution in [0.2, 0.25) is 0 Å². The molecule has 1 aromatic heterocycles. The first kappa shape index (κ1) is 8.17. The molecule has 1 aromatic rings. The van der Waals surface area contributed by atoms with Gasteiger partial charge in [0.25, 0.3) is 0 Å². The van der Waals surface area contributed by atoms with Gasteiger partial charge in [-0.2, -0.15) is 0 Å². The number of carbonyl (C=O) groups is 1. The third-order valence-electron chi connectivity index (χ3n) is 2.34. The van der Waals surface area contributed by atoms with E-state index in [2.05, 4.69) is 11.6 Å². The molecule has 0 atom stereocenters. The summed E-state index contributed by atoms with van der Waals surface area (Å²) in [5.41, 5.74) is 2.72. The van der Waals surface area contributed by atoms with Crippen LogP contribution in [-0.2, 0) is 0 Å². The second-order valence-corrected chi connectivity index (χ2v) is 3.33. The van der Waals surface area contributed by atoms with Gasteiger partial charge >= 0.3 is 0 Å². The van der Waals surface area contributed by atoms with Gasteiger partial charge in [0.2, 0.25) is 0 Å². The monoisotopic (exact) mass is 173 g/mol. The largest absolute Gasteiger partial charge is 0.298 e. The maximum absolute atomic E-state index is 10.7. The topological polar surface area (TPSA) is 30.0 Å². The van der Waals surface area contributed by atoms with Gasteiger partial charge in [-0.1, -0.05) is 6.58 Å². The minimum atomic E-state index is 0.585. The summed E-state index contributed by atoms with van der Waals surface area (Å²) in [7, 11) is 0. The SMILES string of the molecule is C=Cc1cc(C2CC2)c(C=O)cn1. The molecule has 2 nitrogen and oxygen atoms in total. The zero-order chi connectivity index (χ0) is 9.26. The lowest BCUT2D eigenvalue weighted by molar-refractivity contribution is 0.112. The van der Waals surface area contributed by atoms with E-state index in [0.717, 1.165) is 23.1 Å². The molecular formula is C11H11NO. The van der Waals surface area contributed by atoms with Gasteiger partial charge in [-0.3, -0.25) is 9.78 Å². The molecule has 0 bridgehead atoms. The summed E-state index contributed by atoms with van der Waals surface area (Å²) in [6, 6.07) is 1.97. The Bertz CT molecular complexity index is 353. The number of nitrogens with zero attached hydrogens (tertiary/aromatic N) is 1. The molecule has 66 valence electrons. The van der Waals surface area contributed by atoms with Crippen LogP contribution in [0.4, 0.5) is 0 Å². The average Bonchev–Trinajstić information content (AvgIpc) is 3.00. The highest BCUT2D eigenvalue weighted by molar-refractivity contribution is 5.77. The number of pyridine rings is 1. The molecule has 13 heavy (non-hydrogen) atoms. The van der Waals surface area contributed by atoms with Crippen molar-refractivity contribution in [2.24, 2.45) is 0 Å². The fourth-order valence-electron chi connectivity index (χ4n) is 1.46. The summed E-state index contributed by atoms with van der Waals surface area (Å²) in [5.74, 6) is 0.585. The van der Waals surface area contributed by atoms with E-state index in [1.54, 1.807) is 12.3 Å². The number of carbonyl (C=O) groups excluding carboxylic acids is 1. The molecule has 2 heteroatoms. The summed E-state index contributed by atoms with van der Waals surface area (Å²) in [6.07, 6.45) is 6.62. The fraction of sp³-hybridized carbons (Fsp3) is 0.273. The van der Waals surface area contributed by atoms with Crippen LogP contribution in [0.5, 0.6) is 0 Å². The Morgan fingerprint density at radius 1 is 1.54 bits per heavy atom. The first-order valence-corrected chi connectivity index (χ1v) is 4.42. The molecule has 1 heterocycles. The molecule has 1 saturated carbocycles. The molecule has 0 unspecified atom stereocenters. The summed E-state index contributed by atoms with van der Waals surface area (Å²) in [4.78, 5) is 14.8. The summed E-state index contributed by atoms with van der Waals surface area (Å²) >= 11 is 0. The Morgan fingerprint density at radius 2 is 2.31 bits per heavy atom. The van der Waals surface area contributed by atoms with Crippen molar-refractivity contribution in [2.75, 3.05) is 0 Å². The highest BCUT2D eigenvalue weighted by atomic mass is 16.1. The molecular weight excluding hydrogens is 162 g/mol. The van der Waals surface area contributed by atoms with Gasteiger partial charge in [-0.15, -0.1) is 0 Å². The molecule has 0 radical (unpaired) electrons. The van der Waals surface area contributed by atoms with Gasteiger partial charge in [-0.05, 0) is 36.5 Å². The van der Waals surface area contributed by atoms with Crippen molar-refractivity contribution in [3.8, 4) is 0 Å². The van der Waals surface area contributed by atoms with Crippen LogP contribution in [0.1, 0.15) is 40.4 Å². The predicted octanol–water partition coefficient (Wildman–Crippen LogP) is 2.41. The standard InChI is InChI=1S/C11H11NO/c1-2-10-5-11(8-3-4-8)9(7-13)6-12-10/h2,5-8H,1,3-4H2. The number of aldehydes is 1. The summed E-state index contributed by atoms with van der Waals surface area (Å²) < 4.78 is 0. The number of hydrogen-bond donors (Lipinski definition) is 0. The highest BCUT2D eigenvalue weighted by Gasteiger charge is 2.26. The van der Waals surface area contributed by atoms with Crippen molar-refractivity contribution in [3.63, 3.8) is 0 Å². The van der Waals surface area contributed by atoms with Gasteiger partial charge < -0.3 is 0 Å². The Labute approximate surface area is 77.3 Å². The molecule has 0 aromatic carbocycles. The second-order valence-electron chi connectivity index (χ2n) is 3.33. The Morgan fingerprint density at radius 3 is 2.85 bits per heavy atom. The van der Waals surface area contributed by atoms with Gasteiger partial charge in [0.1, 0.15) is 0 Å². The highest BCUT2D eigenvalue weighted by Crippen LogP contribution is 2.41. The van der Waals surface area contributed by atoms with E-state index in [9.17, 15) is 4.79 Å². The zero-order valence-electron chi connectivity index (χ0n) is 7.36. The van der Waals surface area contributed by atoms with Crippen molar-refractivity contribution in [1.82, 2.24) is 4.98 Å². The van der Waals surface area contributed by atoms with Crippen molar-refractivity contribution in [3.05, 3.63) is 35.7 Å². The van der Waals surface area contributed by atoms with Crippen molar-refractivity contribution >= 4 is 12.4 Å². The van der Waals surface area contributed by atoms with Crippen LogP contribution < -0.4 is 0 Å². The van der Waals surface area contributed by atoms with Crippen molar-refractivity contribution in [2.45, 2.75) is 18.8 Å². The van der Waals surface area contributed by atoms with Gasteiger partial charge in [0.15, 0.2) is 6.29 Å². The normalized spacial score (nSPS) is 15.4. The first-order chi connectivity index (χ1) is 6.35. The lowest BCUT2D eigenvalue weighted by atomic mass is 10.1. The van der Waals surface area contributed by atoms with Crippen LogP contribution in [0, 0.1) is 0 Å². The van der Waals surface area contributed by atoms with E-state index >= 15 is 0 Å². The Balaban J connectivity index is 2.46. The minimum absolute atomic E-state index is 0.585. The lowest BCUT2D eigenvalue weighted by Crippen LogP contribution is -1.93. The van der Waals surface area contributed by atoms with E-state index in [1.165, 1.54) is 12.8 Å². The van der Waals surface area contributed by atoms with Crippen LogP contribution in [0.3, 0.4) is 0 Å². The molecule has 1 fully saturated rings. The molecule has 0 aliphatic heterocycles. The smallest absolute Gasteiger partial charge is 0.151 e. The van der Waals surface area contributed by atoms with Crippen LogP contribution in [0.15, 0.2) is 18.8 Å². The second kappa shape index (κ2) is 3.13. The van der Waals surface area contributed by atoms with E-state index < -0.39 is 0 Å². The summed E-state index contributed by atoms with van der Waals surface area (Å²) in [5, 5.41) is 0. The van der Waals surface area contributed by atoms with Crippen molar-refractivity contribution in [1.29, 1.82) is 0 Å². The molecule has 0 N–H and O–H groups in total. The average molecular weight is 173 g/mol. The number of rotatable bonds is 3. The molecule has 1 aliphatic rings. The molecule has 2 rings (SSSR count). The van der Waals surface area contributed by atoms with Crippen LogP contribution in [0.25, 0.3) is 6.08 Å². The van der Waals surface area contributed by atoms with Gasteiger partial charge in [-0.25, -0.2) is 0 Å². The zero-order valence-corrected chi connectivity index (χ0v) is 7.36. The maximum Gasteiger partial charge on any atom is 0.151 e. The maximum atomic E-state index is 10.7. The number of hydrogen-bond acceptors (Lipinski definition) is 2. The quantitative estimate of drug-likeness (QED) is 0.657. The molecule has 0 spiro atoms. The Hall–Kier alpha value is -1.44. The Kier molecular flexibility index (Phi) is 1.97. The molecule has 1 aliphatic carbocycles. The number of aromatic nitrogens is 1.